The van der Waals surface area contributed by atoms with Crippen LogP contribution in [0.3, 0.4) is 0 Å². The van der Waals surface area contributed by atoms with Gasteiger partial charge in [0.2, 0.25) is 0 Å². The molecule has 11 heteroatoms. The van der Waals surface area contributed by atoms with Gasteiger partial charge in [-0.05, 0) is 89.9 Å². The monoisotopic (exact) mass is 932 g/mol. The highest BCUT2D eigenvalue weighted by atomic mass is 31.2. The Hall–Kier alpha value is -2.85. The topological polar surface area (TPSA) is 155 Å². The standard InChI is InChI=1S/C54H94NO9P/c1-3-5-7-9-11-13-15-17-19-21-23-25-26-27-28-30-32-34-36-38-40-42-44-46-53(56)64-51(49-62-65(59,60)63-50-52(55)54(57)58)48-61-47-45-43-41-39-37-35-33-31-29-24-22-20-18-16-14-12-10-8-6-4-2/h5,7,11-14,17-20,23-25,29,51-52H,3-4,6,8-10,15-16,21-22,26-28,30-50,55H2,1-2H3,(H,57,58)(H,59,60)/b7-5-,13-11-,14-12-,19-17-,20-18-,25-23-,29-24-. The van der Waals surface area contributed by atoms with Gasteiger partial charge in [0.1, 0.15) is 12.1 Å². The summed E-state index contributed by atoms with van der Waals surface area (Å²) in [6, 6.07) is -1.48. The number of ether oxygens (including phenoxy) is 2. The van der Waals surface area contributed by atoms with Crippen LogP contribution in [-0.2, 0) is 32.7 Å². The van der Waals surface area contributed by atoms with E-state index in [0.717, 1.165) is 89.9 Å². The Kier molecular flexibility index (Phi) is 46.9. The molecule has 65 heavy (non-hydrogen) atoms. The number of phosphoric acid groups is 1. The average molecular weight is 932 g/mol. The molecular weight excluding hydrogens is 838 g/mol. The highest BCUT2D eigenvalue weighted by Gasteiger charge is 2.27. The van der Waals surface area contributed by atoms with Gasteiger partial charge < -0.3 is 25.2 Å². The summed E-state index contributed by atoms with van der Waals surface area (Å²) in [5.74, 6) is -1.79. The Morgan fingerprint density at radius 1 is 0.508 bits per heavy atom. The zero-order valence-electron chi connectivity index (χ0n) is 41.1. The van der Waals surface area contributed by atoms with Gasteiger partial charge >= 0.3 is 19.8 Å². The second kappa shape index (κ2) is 49.1. The van der Waals surface area contributed by atoms with E-state index in [1.54, 1.807) is 0 Å². The highest BCUT2D eigenvalue weighted by Crippen LogP contribution is 2.43. The predicted molar refractivity (Wildman–Crippen MR) is 272 cm³/mol. The molecule has 0 bridgehead atoms. The lowest BCUT2D eigenvalue weighted by molar-refractivity contribution is -0.154. The number of carboxylic acids is 1. The molecule has 0 spiro atoms. The van der Waals surface area contributed by atoms with Gasteiger partial charge in [-0.15, -0.1) is 0 Å². The Morgan fingerprint density at radius 3 is 1.34 bits per heavy atom. The molecular formula is C54H94NO9P. The smallest absolute Gasteiger partial charge is 0.472 e. The molecule has 374 valence electrons. The number of allylic oxidation sites excluding steroid dienone is 14. The zero-order valence-corrected chi connectivity index (χ0v) is 42.0. The van der Waals surface area contributed by atoms with Crippen LogP contribution < -0.4 is 5.73 Å². The van der Waals surface area contributed by atoms with Crippen LogP contribution in [-0.4, -0.2) is 60.5 Å². The van der Waals surface area contributed by atoms with Crippen molar-refractivity contribution in [1.82, 2.24) is 0 Å². The van der Waals surface area contributed by atoms with Gasteiger partial charge in [-0.1, -0.05) is 195 Å². The van der Waals surface area contributed by atoms with Crippen molar-refractivity contribution in [2.45, 2.75) is 219 Å². The van der Waals surface area contributed by atoms with Gasteiger partial charge in [0.25, 0.3) is 0 Å². The number of hydrogen-bond acceptors (Lipinski definition) is 8. The van der Waals surface area contributed by atoms with Gasteiger partial charge in [0.05, 0.1) is 19.8 Å². The van der Waals surface area contributed by atoms with E-state index in [4.69, 9.17) is 29.4 Å². The minimum atomic E-state index is -4.63. The van der Waals surface area contributed by atoms with Crippen LogP contribution in [0.2, 0.25) is 0 Å². The van der Waals surface area contributed by atoms with Crippen LogP contribution in [0.4, 0.5) is 0 Å². The van der Waals surface area contributed by atoms with Gasteiger partial charge in [0.15, 0.2) is 0 Å². The minimum absolute atomic E-state index is 0.00426. The molecule has 0 saturated carbocycles. The van der Waals surface area contributed by atoms with Crippen LogP contribution in [0, 0.1) is 0 Å². The van der Waals surface area contributed by atoms with E-state index >= 15 is 0 Å². The van der Waals surface area contributed by atoms with E-state index in [9.17, 15) is 19.0 Å². The molecule has 0 fully saturated rings. The Balaban J connectivity index is 4.18. The van der Waals surface area contributed by atoms with Gasteiger partial charge in [-0.2, -0.15) is 0 Å². The second-order valence-corrected chi connectivity index (χ2v) is 18.4. The van der Waals surface area contributed by atoms with E-state index in [-0.39, 0.29) is 13.0 Å². The first-order chi connectivity index (χ1) is 31.7. The summed E-state index contributed by atoms with van der Waals surface area (Å²) < 4.78 is 33.5. The Morgan fingerprint density at radius 2 is 0.892 bits per heavy atom. The van der Waals surface area contributed by atoms with E-state index in [0.29, 0.717) is 13.0 Å². The Labute approximate surface area is 397 Å². The van der Waals surface area contributed by atoms with Crippen LogP contribution in [0.1, 0.15) is 206 Å². The molecule has 0 aromatic rings. The summed E-state index contributed by atoms with van der Waals surface area (Å²) >= 11 is 0. The molecule has 0 aliphatic carbocycles. The van der Waals surface area contributed by atoms with Crippen LogP contribution >= 0.6 is 7.82 Å². The largest absolute Gasteiger partial charge is 0.480 e. The molecule has 0 amide bonds. The third-order valence-electron chi connectivity index (χ3n) is 10.7. The van der Waals surface area contributed by atoms with E-state index in [1.807, 2.05) is 0 Å². The summed E-state index contributed by atoms with van der Waals surface area (Å²) in [6.07, 6.45) is 63.5. The summed E-state index contributed by atoms with van der Waals surface area (Å²) in [4.78, 5) is 33.7. The lowest BCUT2D eigenvalue weighted by Gasteiger charge is -2.20. The third-order valence-corrected chi connectivity index (χ3v) is 11.6. The molecule has 10 nitrogen and oxygen atoms in total. The molecule has 4 N–H and O–H groups in total. The molecule has 0 aromatic heterocycles. The average Bonchev–Trinajstić information content (AvgIpc) is 3.29. The van der Waals surface area contributed by atoms with E-state index < -0.39 is 45.1 Å². The number of esters is 1. The van der Waals surface area contributed by atoms with Crippen molar-refractivity contribution in [1.29, 1.82) is 0 Å². The van der Waals surface area contributed by atoms with Crippen molar-refractivity contribution in [3.8, 4) is 0 Å². The SMILES string of the molecule is CC/C=C\C/C=C\C/C=C\C/C=C\CCCCCCCCCCCCC(=O)OC(COCCCCCCCCC/C=C\C/C=C\C/C=C\CCCCC)COP(=O)(O)OCC(N)C(=O)O. The molecule has 0 heterocycles. The number of nitrogens with two attached hydrogens (primary N) is 1. The van der Waals surface area contributed by atoms with Crippen molar-refractivity contribution in [3.05, 3.63) is 85.1 Å². The van der Waals surface area contributed by atoms with Gasteiger partial charge in [-0.25, -0.2) is 4.57 Å². The van der Waals surface area contributed by atoms with Crippen molar-refractivity contribution in [2.75, 3.05) is 26.4 Å². The first-order valence-corrected chi connectivity index (χ1v) is 27.1. The first kappa shape index (κ1) is 62.1. The van der Waals surface area contributed by atoms with E-state index in [1.165, 1.54) is 89.9 Å². The number of unbranched alkanes of at least 4 members (excludes halogenated alkanes) is 20. The maximum Gasteiger partial charge on any atom is 0.472 e. The molecule has 0 saturated heterocycles. The summed E-state index contributed by atoms with van der Waals surface area (Å²) in [5, 5.41) is 8.93. The summed E-state index contributed by atoms with van der Waals surface area (Å²) in [7, 11) is -4.63. The molecule has 3 unspecified atom stereocenters. The molecule has 0 aromatic carbocycles. The summed E-state index contributed by atoms with van der Waals surface area (Å²) in [5.41, 5.74) is 5.38. The molecule has 0 radical (unpaired) electrons. The number of carboxylic acid groups (broad SMARTS) is 1. The fourth-order valence-electron chi connectivity index (χ4n) is 6.72. The normalized spacial score (nSPS) is 14.4. The zero-order chi connectivity index (χ0) is 47.6. The molecule has 0 rings (SSSR count). The maximum atomic E-state index is 12.7. The fourth-order valence-corrected chi connectivity index (χ4v) is 7.50. The van der Waals surface area contributed by atoms with E-state index in [2.05, 4.69) is 98.9 Å². The second-order valence-electron chi connectivity index (χ2n) is 16.9. The summed E-state index contributed by atoms with van der Waals surface area (Å²) in [6.45, 7) is 3.72. The van der Waals surface area contributed by atoms with Crippen LogP contribution in [0.5, 0.6) is 0 Å². The first-order valence-electron chi connectivity index (χ1n) is 25.6. The molecule has 3 atom stereocenters. The predicted octanol–water partition coefficient (Wildman–Crippen LogP) is 15.1. The number of rotatable bonds is 48. The number of aliphatic carboxylic acids is 1. The Bertz CT molecular complexity index is 1360. The highest BCUT2D eigenvalue weighted by molar-refractivity contribution is 7.47. The molecule has 0 aliphatic rings. The third kappa shape index (κ3) is 48.9. The number of phosphoric ester groups is 1. The number of hydrogen-bond donors (Lipinski definition) is 3. The van der Waals surface area contributed by atoms with Crippen molar-refractivity contribution in [2.24, 2.45) is 5.73 Å². The minimum Gasteiger partial charge on any atom is -0.480 e. The lowest BCUT2D eigenvalue weighted by atomic mass is 10.0. The fraction of sp³-hybridized carbons (Fsp3) is 0.704. The quantitative estimate of drug-likeness (QED) is 0.0232. The molecule has 0 aliphatic heterocycles. The van der Waals surface area contributed by atoms with Crippen LogP contribution in [0.15, 0.2) is 85.1 Å². The van der Waals surface area contributed by atoms with Gasteiger partial charge in [0, 0.05) is 13.0 Å². The van der Waals surface area contributed by atoms with Crippen molar-refractivity contribution in [3.63, 3.8) is 0 Å². The maximum absolute atomic E-state index is 12.7. The number of carbonyl (C=O) groups is 2. The van der Waals surface area contributed by atoms with Crippen molar-refractivity contribution < 1.29 is 42.7 Å². The van der Waals surface area contributed by atoms with Gasteiger partial charge in [-0.3, -0.25) is 18.6 Å². The van der Waals surface area contributed by atoms with Crippen molar-refractivity contribution >= 4 is 19.8 Å². The number of carbonyl (C=O) groups excluding carboxylic acids is 1. The van der Waals surface area contributed by atoms with Crippen LogP contribution in [0.25, 0.3) is 0 Å². The lowest BCUT2D eigenvalue weighted by Crippen LogP contribution is -2.34.